The first kappa shape index (κ1) is 12.1. The molecule has 1 aromatic rings. The molecular formula is C16H18N2O. The molecule has 0 bridgehead atoms. The van der Waals surface area contributed by atoms with Crippen molar-refractivity contribution in [3.05, 3.63) is 41.6 Å². The Kier molecular flexibility index (Phi) is 2.56. The maximum Gasteiger partial charge on any atom is 0.123 e. The Labute approximate surface area is 114 Å². The van der Waals surface area contributed by atoms with E-state index in [1.807, 2.05) is 31.4 Å². The van der Waals surface area contributed by atoms with E-state index in [1.54, 1.807) is 0 Å². The van der Waals surface area contributed by atoms with Gasteiger partial charge in [-0.05, 0) is 19.9 Å². The van der Waals surface area contributed by atoms with Crippen LogP contribution in [0.25, 0.3) is 0 Å². The number of para-hydroxylation sites is 1. The largest absolute Gasteiger partial charge is 0.493 e. The highest BCUT2D eigenvalue weighted by molar-refractivity contribution is 5.48. The van der Waals surface area contributed by atoms with Crippen molar-refractivity contribution in [3.63, 3.8) is 0 Å². The second-order valence-corrected chi connectivity index (χ2v) is 5.89. The van der Waals surface area contributed by atoms with Gasteiger partial charge in [0.05, 0.1) is 18.2 Å². The van der Waals surface area contributed by atoms with Crippen LogP contribution in [0.1, 0.15) is 25.3 Å². The van der Waals surface area contributed by atoms with Gasteiger partial charge in [0.15, 0.2) is 0 Å². The van der Waals surface area contributed by atoms with Crippen LogP contribution in [-0.2, 0) is 0 Å². The van der Waals surface area contributed by atoms with Gasteiger partial charge in [0, 0.05) is 36.2 Å². The lowest BCUT2D eigenvalue weighted by molar-refractivity contribution is 0.0534. The quantitative estimate of drug-likeness (QED) is 0.714. The Bertz CT molecular complexity index is 583. The Balaban J connectivity index is 2.18. The van der Waals surface area contributed by atoms with E-state index in [-0.39, 0.29) is 11.5 Å². The SMILES string of the molecule is CN1C=C(C#N)C2c3ccccc3OCC2C1(C)C. The van der Waals surface area contributed by atoms with Crippen LogP contribution >= 0.6 is 0 Å². The van der Waals surface area contributed by atoms with Crippen molar-refractivity contribution < 1.29 is 4.74 Å². The highest BCUT2D eigenvalue weighted by atomic mass is 16.5. The normalized spacial score (nSPS) is 27.5. The molecule has 0 aromatic heterocycles. The molecule has 0 saturated carbocycles. The lowest BCUT2D eigenvalue weighted by Crippen LogP contribution is -2.53. The number of allylic oxidation sites excluding steroid dienone is 1. The molecule has 2 heterocycles. The molecule has 2 unspecified atom stereocenters. The Morgan fingerprint density at radius 2 is 2.11 bits per heavy atom. The summed E-state index contributed by atoms with van der Waals surface area (Å²) >= 11 is 0. The van der Waals surface area contributed by atoms with Crippen LogP contribution in [0.15, 0.2) is 36.0 Å². The van der Waals surface area contributed by atoms with Crippen LogP contribution < -0.4 is 4.74 Å². The van der Waals surface area contributed by atoms with Crippen molar-refractivity contribution in [3.8, 4) is 11.8 Å². The molecule has 0 saturated heterocycles. The lowest BCUT2D eigenvalue weighted by Gasteiger charge is -2.50. The molecule has 0 spiro atoms. The number of nitriles is 1. The molecule has 2 atom stereocenters. The van der Waals surface area contributed by atoms with Gasteiger partial charge in [-0.25, -0.2) is 0 Å². The van der Waals surface area contributed by atoms with Crippen molar-refractivity contribution in [1.82, 2.24) is 4.90 Å². The van der Waals surface area contributed by atoms with E-state index in [1.165, 1.54) is 0 Å². The number of ether oxygens (including phenoxy) is 1. The summed E-state index contributed by atoms with van der Waals surface area (Å²) in [5.41, 5.74) is 1.97. The van der Waals surface area contributed by atoms with Gasteiger partial charge in [0.25, 0.3) is 0 Å². The van der Waals surface area contributed by atoms with Crippen molar-refractivity contribution in [2.24, 2.45) is 5.92 Å². The van der Waals surface area contributed by atoms with E-state index in [9.17, 15) is 5.26 Å². The van der Waals surface area contributed by atoms with Crippen LogP contribution in [0, 0.1) is 17.2 Å². The van der Waals surface area contributed by atoms with E-state index in [0.717, 1.165) is 16.9 Å². The number of benzene rings is 1. The molecule has 1 aromatic carbocycles. The molecule has 19 heavy (non-hydrogen) atoms. The molecule has 0 amide bonds. The van der Waals surface area contributed by atoms with Gasteiger partial charge in [0.1, 0.15) is 5.75 Å². The van der Waals surface area contributed by atoms with Gasteiger partial charge in [-0.15, -0.1) is 0 Å². The van der Waals surface area contributed by atoms with Crippen LogP contribution in [-0.4, -0.2) is 24.1 Å². The summed E-state index contributed by atoms with van der Waals surface area (Å²) in [5.74, 6) is 1.37. The van der Waals surface area contributed by atoms with Gasteiger partial charge < -0.3 is 9.64 Å². The topological polar surface area (TPSA) is 36.3 Å². The first-order valence-electron chi connectivity index (χ1n) is 6.62. The maximum absolute atomic E-state index is 9.46. The van der Waals surface area contributed by atoms with E-state index < -0.39 is 0 Å². The predicted molar refractivity (Wildman–Crippen MR) is 73.7 cm³/mol. The third-order valence-corrected chi connectivity index (χ3v) is 4.69. The fourth-order valence-electron chi connectivity index (χ4n) is 3.17. The fourth-order valence-corrected chi connectivity index (χ4v) is 3.17. The fraction of sp³-hybridized carbons (Fsp3) is 0.438. The van der Waals surface area contributed by atoms with Crippen molar-refractivity contribution >= 4 is 0 Å². The van der Waals surface area contributed by atoms with Crippen molar-refractivity contribution in [1.29, 1.82) is 5.26 Å². The number of hydrogen-bond acceptors (Lipinski definition) is 3. The highest BCUT2D eigenvalue weighted by Crippen LogP contribution is 2.49. The number of fused-ring (bicyclic) bond motifs is 3. The zero-order valence-corrected chi connectivity index (χ0v) is 11.6. The smallest absolute Gasteiger partial charge is 0.123 e. The summed E-state index contributed by atoms with van der Waals surface area (Å²) in [6, 6.07) is 10.5. The lowest BCUT2D eigenvalue weighted by atomic mass is 9.68. The van der Waals surface area contributed by atoms with E-state index in [2.05, 4.69) is 30.9 Å². The molecule has 3 heteroatoms. The summed E-state index contributed by atoms with van der Waals surface area (Å²) < 4.78 is 5.91. The molecule has 0 aliphatic carbocycles. The minimum absolute atomic E-state index is 0.0153. The van der Waals surface area contributed by atoms with Gasteiger partial charge in [0.2, 0.25) is 0 Å². The summed E-state index contributed by atoms with van der Waals surface area (Å²) in [6.07, 6.45) is 1.99. The van der Waals surface area contributed by atoms with Crippen LogP contribution in [0.3, 0.4) is 0 Å². The zero-order chi connectivity index (χ0) is 13.6. The minimum atomic E-state index is -0.0153. The average Bonchev–Trinajstić information content (AvgIpc) is 2.42. The molecule has 3 nitrogen and oxygen atoms in total. The molecular weight excluding hydrogens is 236 g/mol. The van der Waals surface area contributed by atoms with Gasteiger partial charge in [-0.3, -0.25) is 0 Å². The maximum atomic E-state index is 9.46. The molecule has 2 aliphatic heterocycles. The third kappa shape index (κ3) is 1.63. The summed E-state index contributed by atoms with van der Waals surface area (Å²) in [6.45, 7) is 5.09. The zero-order valence-electron chi connectivity index (χ0n) is 11.6. The van der Waals surface area contributed by atoms with E-state index >= 15 is 0 Å². The molecule has 0 fully saturated rings. The molecule has 0 N–H and O–H groups in total. The number of rotatable bonds is 0. The standard InChI is InChI=1S/C16H18N2O/c1-16(2)13-10-19-14-7-5-4-6-12(14)15(13)11(8-17)9-18(16)3/h4-7,9,13,15H,10H2,1-3H3. The summed E-state index contributed by atoms with van der Waals surface area (Å²) in [7, 11) is 2.04. The van der Waals surface area contributed by atoms with E-state index in [0.29, 0.717) is 12.5 Å². The van der Waals surface area contributed by atoms with Gasteiger partial charge >= 0.3 is 0 Å². The molecule has 98 valence electrons. The Morgan fingerprint density at radius 3 is 2.84 bits per heavy atom. The number of hydrogen-bond donors (Lipinski definition) is 0. The van der Waals surface area contributed by atoms with Crippen LogP contribution in [0.2, 0.25) is 0 Å². The molecule has 0 radical (unpaired) electrons. The predicted octanol–water partition coefficient (Wildman–Crippen LogP) is 2.91. The number of nitrogens with zero attached hydrogens (tertiary/aromatic N) is 2. The monoisotopic (exact) mass is 254 g/mol. The minimum Gasteiger partial charge on any atom is -0.493 e. The van der Waals surface area contributed by atoms with E-state index in [4.69, 9.17) is 4.74 Å². The molecule has 3 rings (SSSR count). The van der Waals surface area contributed by atoms with Gasteiger partial charge in [-0.1, -0.05) is 18.2 Å². The van der Waals surface area contributed by atoms with Crippen molar-refractivity contribution in [2.75, 3.05) is 13.7 Å². The second kappa shape index (κ2) is 4.03. The Hall–Kier alpha value is -1.95. The summed E-state index contributed by atoms with van der Waals surface area (Å²) in [4.78, 5) is 2.14. The van der Waals surface area contributed by atoms with Crippen LogP contribution in [0.5, 0.6) is 5.75 Å². The van der Waals surface area contributed by atoms with Crippen molar-refractivity contribution in [2.45, 2.75) is 25.3 Å². The first-order valence-corrected chi connectivity index (χ1v) is 6.62. The van der Waals surface area contributed by atoms with Gasteiger partial charge in [-0.2, -0.15) is 5.26 Å². The third-order valence-electron chi connectivity index (χ3n) is 4.69. The second-order valence-electron chi connectivity index (χ2n) is 5.89. The highest BCUT2D eigenvalue weighted by Gasteiger charge is 2.47. The first-order chi connectivity index (χ1) is 9.05. The Morgan fingerprint density at radius 1 is 1.37 bits per heavy atom. The summed E-state index contributed by atoms with van der Waals surface area (Å²) in [5, 5.41) is 9.46. The van der Waals surface area contributed by atoms with Crippen LogP contribution in [0.4, 0.5) is 0 Å². The average molecular weight is 254 g/mol. The molecule has 2 aliphatic rings.